The average molecular weight is 484 g/mol. The third-order valence-corrected chi connectivity index (χ3v) is 3.71. The highest BCUT2D eigenvalue weighted by Crippen LogP contribution is 2.17. The zero-order valence-electron chi connectivity index (χ0n) is 15.4. The van der Waals surface area contributed by atoms with Crippen LogP contribution in [0.2, 0.25) is 5.02 Å². The van der Waals surface area contributed by atoms with Crippen LogP contribution in [-0.2, 0) is 9.47 Å². The highest BCUT2D eigenvalue weighted by atomic mass is 127. The van der Waals surface area contributed by atoms with Crippen molar-refractivity contribution in [2.24, 2.45) is 4.99 Å². The van der Waals surface area contributed by atoms with Gasteiger partial charge in [-0.1, -0.05) is 37.1 Å². The second kappa shape index (κ2) is 15.7. The second-order valence-electron chi connectivity index (χ2n) is 5.50. The summed E-state index contributed by atoms with van der Waals surface area (Å²) in [6, 6.07) is 7.92. The van der Waals surface area contributed by atoms with Crippen molar-refractivity contribution in [1.29, 1.82) is 0 Å². The number of guanidine groups is 1. The van der Waals surface area contributed by atoms with E-state index >= 15 is 0 Å². The van der Waals surface area contributed by atoms with Gasteiger partial charge in [0.2, 0.25) is 0 Å². The standard InChI is InChI=1S/C18H30ClN3O2.HI/c1-4-5-10-23-12-13-24-11-9-21-18(20-3)22-15(2)16-7-6-8-17(19)14-16;/h6-8,14-15H,4-5,9-13H2,1-3H3,(H2,20,21,22);1H. The zero-order valence-corrected chi connectivity index (χ0v) is 18.5. The Balaban J connectivity index is 0.00000576. The summed E-state index contributed by atoms with van der Waals surface area (Å²) in [5.74, 6) is 0.741. The van der Waals surface area contributed by atoms with Crippen LogP contribution in [0.3, 0.4) is 0 Å². The largest absolute Gasteiger partial charge is 0.379 e. The lowest BCUT2D eigenvalue weighted by Gasteiger charge is -2.18. The van der Waals surface area contributed by atoms with Gasteiger partial charge in [0.15, 0.2) is 5.96 Å². The van der Waals surface area contributed by atoms with Gasteiger partial charge in [0.25, 0.3) is 0 Å². The topological polar surface area (TPSA) is 54.9 Å². The number of halogens is 2. The number of aliphatic imine (C=N–C) groups is 1. The van der Waals surface area contributed by atoms with Gasteiger partial charge in [0.05, 0.1) is 25.9 Å². The molecule has 0 bridgehead atoms. The molecule has 25 heavy (non-hydrogen) atoms. The first-order valence-corrected chi connectivity index (χ1v) is 8.93. The molecule has 1 aromatic carbocycles. The van der Waals surface area contributed by atoms with E-state index in [0.717, 1.165) is 36.0 Å². The Morgan fingerprint density at radius 2 is 1.92 bits per heavy atom. The Hall–Kier alpha value is -0.570. The molecule has 1 atom stereocenters. The predicted molar refractivity (Wildman–Crippen MR) is 116 cm³/mol. The van der Waals surface area contributed by atoms with Gasteiger partial charge in [-0.15, -0.1) is 24.0 Å². The predicted octanol–water partition coefficient (Wildman–Crippen LogP) is 4.02. The third-order valence-electron chi connectivity index (χ3n) is 3.48. The van der Waals surface area contributed by atoms with Crippen LogP contribution in [0, 0.1) is 0 Å². The van der Waals surface area contributed by atoms with E-state index in [-0.39, 0.29) is 30.0 Å². The van der Waals surface area contributed by atoms with Gasteiger partial charge in [-0.05, 0) is 31.0 Å². The number of unbranched alkanes of at least 4 members (excludes halogenated alkanes) is 1. The van der Waals surface area contributed by atoms with E-state index in [1.807, 2.05) is 24.3 Å². The lowest BCUT2D eigenvalue weighted by atomic mass is 10.1. The maximum absolute atomic E-state index is 6.03. The van der Waals surface area contributed by atoms with Crippen molar-refractivity contribution in [2.75, 3.05) is 40.0 Å². The van der Waals surface area contributed by atoms with Gasteiger partial charge in [-0.2, -0.15) is 0 Å². The smallest absolute Gasteiger partial charge is 0.191 e. The van der Waals surface area contributed by atoms with Gasteiger partial charge in [0, 0.05) is 25.2 Å². The lowest BCUT2D eigenvalue weighted by molar-refractivity contribution is 0.0487. The van der Waals surface area contributed by atoms with Crippen LogP contribution in [-0.4, -0.2) is 46.0 Å². The second-order valence-corrected chi connectivity index (χ2v) is 5.93. The number of nitrogens with zero attached hydrogens (tertiary/aromatic N) is 1. The fourth-order valence-corrected chi connectivity index (χ4v) is 2.27. The number of rotatable bonds is 11. The number of nitrogens with one attached hydrogen (secondary N) is 2. The number of ether oxygens (including phenoxy) is 2. The van der Waals surface area contributed by atoms with Crippen molar-refractivity contribution in [3.8, 4) is 0 Å². The molecular formula is C18H31ClIN3O2. The van der Waals surface area contributed by atoms with Crippen molar-refractivity contribution < 1.29 is 9.47 Å². The summed E-state index contributed by atoms with van der Waals surface area (Å²) in [7, 11) is 1.75. The van der Waals surface area contributed by atoms with Crippen molar-refractivity contribution in [2.45, 2.75) is 32.7 Å². The molecule has 1 rings (SSSR count). The van der Waals surface area contributed by atoms with Crippen LogP contribution in [0.25, 0.3) is 0 Å². The Labute approximate surface area is 173 Å². The summed E-state index contributed by atoms with van der Waals surface area (Å²) in [5, 5.41) is 7.31. The minimum atomic E-state index is 0. The quantitative estimate of drug-likeness (QED) is 0.216. The third kappa shape index (κ3) is 11.6. The van der Waals surface area contributed by atoms with Crippen molar-refractivity contribution in [3.05, 3.63) is 34.9 Å². The van der Waals surface area contributed by atoms with Crippen LogP contribution in [0.15, 0.2) is 29.3 Å². The van der Waals surface area contributed by atoms with Crippen molar-refractivity contribution >= 4 is 41.5 Å². The minimum Gasteiger partial charge on any atom is -0.379 e. The van der Waals surface area contributed by atoms with Crippen molar-refractivity contribution in [1.82, 2.24) is 10.6 Å². The summed E-state index contributed by atoms with van der Waals surface area (Å²) < 4.78 is 11.0. The fourth-order valence-electron chi connectivity index (χ4n) is 2.07. The van der Waals surface area contributed by atoms with E-state index < -0.39 is 0 Å². The summed E-state index contributed by atoms with van der Waals surface area (Å²) in [6.45, 7) is 7.62. The van der Waals surface area contributed by atoms with Gasteiger partial charge >= 0.3 is 0 Å². The number of hydrogen-bond acceptors (Lipinski definition) is 3. The molecule has 5 nitrogen and oxygen atoms in total. The van der Waals surface area contributed by atoms with Gasteiger partial charge < -0.3 is 20.1 Å². The summed E-state index contributed by atoms with van der Waals surface area (Å²) in [4.78, 5) is 4.22. The van der Waals surface area contributed by atoms with Gasteiger partial charge in [-0.3, -0.25) is 4.99 Å². The van der Waals surface area contributed by atoms with E-state index in [1.54, 1.807) is 7.05 Å². The molecule has 0 amide bonds. The van der Waals surface area contributed by atoms with Crippen LogP contribution in [0.1, 0.15) is 38.3 Å². The molecule has 0 heterocycles. The summed E-state index contributed by atoms with van der Waals surface area (Å²) >= 11 is 6.03. The molecule has 0 aromatic heterocycles. The molecule has 0 fully saturated rings. The molecule has 144 valence electrons. The Morgan fingerprint density at radius 1 is 1.20 bits per heavy atom. The molecule has 0 saturated carbocycles. The maximum atomic E-state index is 6.03. The molecule has 0 aliphatic rings. The first-order chi connectivity index (χ1) is 11.7. The molecule has 1 unspecified atom stereocenters. The lowest BCUT2D eigenvalue weighted by Crippen LogP contribution is -2.40. The normalized spacial score (nSPS) is 12.4. The van der Waals surface area contributed by atoms with Gasteiger partial charge in [0.1, 0.15) is 0 Å². The number of benzene rings is 1. The van der Waals surface area contributed by atoms with E-state index in [2.05, 4.69) is 29.5 Å². The highest BCUT2D eigenvalue weighted by Gasteiger charge is 2.07. The molecule has 0 radical (unpaired) electrons. The summed E-state index contributed by atoms with van der Waals surface area (Å²) in [6.07, 6.45) is 2.26. The SMILES string of the molecule is CCCCOCCOCCNC(=NC)NC(C)c1cccc(Cl)c1.I. The van der Waals surface area contributed by atoms with Crippen LogP contribution < -0.4 is 10.6 Å². The first kappa shape index (κ1) is 24.4. The Morgan fingerprint density at radius 3 is 2.56 bits per heavy atom. The van der Waals surface area contributed by atoms with E-state index in [0.29, 0.717) is 26.4 Å². The molecular weight excluding hydrogens is 453 g/mol. The molecule has 0 saturated heterocycles. The molecule has 0 aliphatic carbocycles. The maximum Gasteiger partial charge on any atom is 0.191 e. The molecule has 0 spiro atoms. The monoisotopic (exact) mass is 483 g/mol. The summed E-state index contributed by atoms with van der Waals surface area (Å²) in [5.41, 5.74) is 1.12. The van der Waals surface area contributed by atoms with Crippen LogP contribution >= 0.6 is 35.6 Å². The van der Waals surface area contributed by atoms with E-state index in [1.165, 1.54) is 0 Å². The van der Waals surface area contributed by atoms with Gasteiger partial charge in [-0.25, -0.2) is 0 Å². The average Bonchev–Trinajstić information content (AvgIpc) is 2.59. The first-order valence-electron chi connectivity index (χ1n) is 8.55. The van der Waals surface area contributed by atoms with E-state index in [9.17, 15) is 0 Å². The molecule has 7 heteroatoms. The zero-order chi connectivity index (χ0) is 17.6. The Kier molecular flexibility index (Phi) is 15.3. The van der Waals surface area contributed by atoms with Crippen molar-refractivity contribution in [3.63, 3.8) is 0 Å². The van der Waals surface area contributed by atoms with E-state index in [4.69, 9.17) is 21.1 Å². The van der Waals surface area contributed by atoms with Crippen LogP contribution in [0.4, 0.5) is 0 Å². The number of hydrogen-bond donors (Lipinski definition) is 2. The fraction of sp³-hybridized carbons (Fsp3) is 0.611. The molecule has 1 aromatic rings. The Bertz CT molecular complexity index is 489. The highest BCUT2D eigenvalue weighted by molar-refractivity contribution is 14.0. The van der Waals surface area contributed by atoms with Crippen LogP contribution in [0.5, 0.6) is 0 Å². The minimum absolute atomic E-state index is 0. The molecule has 0 aliphatic heterocycles. The molecule has 2 N–H and O–H groups in total.